The molecule has 0 N–H and O–H groups in total. The molecule has 3 nitrogen and oxygen atoms in total. The maximum atomic E-state index is 5.39. The van der Waals surface area contributed by atoms with Crippen LogP contribution in [0.25, 0.3) is 103 Å². The first-order chi connectivity index (χ1) is 26.1. The van der Waals surface area contributed by atoms with Crippen LogP contribution in [0.3, 0.4) is 0 Å². The highest BCUT2D eigenvalue weighted by atomic mass is 32.1. The van der Waals surface area contributed by atoms with E-state index in [1.165, 1.54) is 80.3 Å². The molecule has 3 aromatic heterocycles. The lowest BCUT2D eigenvalue weighted by molar-refractivity contribution is 0.668. The minimum absolute atomic E-state index is 0.186. The number of para-hydroxylation sites is 2. The molecule has 0 fully saturated rings. The van der Waals surface area contributed by atoms with E-state index in [-0.39, 0.29) is 5.41 Å². The monoisotopic (exact) mass is 693 g/mol. The standard InChI is InChI=1S/C49H31N3S/c1-49(2)40-27-38-32-19-9-7-17-30(32)29-16-6-8-18-31(29)37(38)26-39(40)46-43(49)36-25-24-34-33-20-11-13-23-42(33)52(45(34)47(36)53-46)48-50-41-22-12-10-21-35(41)44(51-48)28-14-4-3-5-15-28/h3-27H,1-2H3. The molecular formula is C49H31N3S. The van der Waals surface area contributed by atoms with Crippen LogP contribution in [0, 0.1) is 0 Å². The highest BCUT2D eigenvalue weighted by molar-refractivity contribution is 7.23. The molecular weight excluding hydrogens is 663 g/mol. The Balaban J connectivity index is 1.19. The Hall–Kier alpha value is -6.36. The molecule has 0 atom stereocenters. The fourth-order valence-electron chi connectivity index (χ4n) is 9.39. The summed E-state index contributed by atoms with van der Waals surface area (Å²) in [7, 11) is 0. The van der Waals surface area contributed by atoms with Crippen molar-refractivity contribution in [3.8, 4) is 27.6 Å². The van der Waals surface area contributed by atoms with Crippen molar-refractivity contribution in [3.05, 3.63) is 163 Å². The molecule has 1 aliphatic rings. The molecule has 248 valence electrons. The number of nitrogens with zero attached hydrogens (tertiary/aromatic N) is 3. The van der Waals surface area contributed by atoms with Crippen LogP contribution in [0.15, 0.2) is 152 Å². The molecule has 0 saturated heterocycles. The molecule has 1 aliphatic carbocycles. The SMILES string of the molecule is CC1(C)c2cc3c4ccccc4c4ccccc4c3cc2-c2sc3c(ccc4c5ccccc5n(-c5nc(-c6ccccc6)c6ccccc6n5)c43)c21. The van der Waals surface area contributed by atoms with Gasteiger partial charge in [0.25, 0.3) is 0 Å². The lowest BCUT2D eigenvalue weighted by atomic mass is 9.80. The van der Waals surface area contributed by atoms with E-state index in [2.05, 4.69) is 170 Å². The van der Waals surface area contributed by atoms with Crippen molar-refractivity contribution in [2.45, 2.75) is 19.3 Å². The number of rotatable bonds is 2. The van der Waals surface area contributed by atoms with E-state index in [0.29, 0.717) is 5.95 Å². The topological polar surface area (TPSA) is 30.7 Å². The van der Waals surface area contributed by atoms with Crippen LogP contribution in [0.2, 0.25) is 0 Å². The van der Waals surface area contributed by atoms with Gasteiger partial charge in [-0.1, -0.05) is 141 Å². The third-order valence-electron chi connectivity index (χ3n) is 11.8. The van der Waals surface area contributed by atoms with E-state index in [0.717, 1.165) is 27.7 Å². The third-order valence-corrected chi connectivity index (χ3v) is 13.0. The molecule has 4 heteroatoms. The zero-order chi connectivity index (χ0) is 35.0. The van der Waals surface area contributed by atoms with Crippen molar-refractivity contribution in [1.82, 2.24) is 14.5 Å². The minimum Gasteiger partial charge on any atom is -0.276 e. The third kappa shape index (κ3) is 3.83. The van der Waals surface area contributed by atoms with Crippen LogP contribution in [0.4, 0.5) is 0 Å². The van der Waals surface area contributed by atoms with Crippen molar-refractivity contribution in [2.75, 3.05) is 0 Å². The van der Waals surface area contributed by atoms with Gasteiger partial charge < -0.3 is 0 Å². The fraction of sp³-hybridized carbons (Fsp3) is 0.0612. The van der Waals surface area contributed by atoms with Crippen molar-refractivity contribution >= 4 is 86.4 Å². The van der Waals surface area contributed by atoms with Gasteiger partial charge in [-0.2, -0.15) is 0 Å². The van der Waals surface area contributed by atoms with Gasteiger partial charge >= 0.3 is 0 Å². The number of hydrogen-bond donors (Lipinski definition) is 0. The van der Waals surface area contributed by atoms with Crippen molar-refractivity contribution in [3.63, 3.8) is 0 Å². The first kappa shape index (κ1) is 29.2. The Bertz CT molecular complexity index is 3370. The van der Waals surface area contributed by atoms with E-state index in [9.17, 15) is 0 Å². The molecule has 0 bridgehead atoms. The largest absolute Gasteiger partial charge is 0.276 e. The Morgan fingerprint density at radius 1 is 0.509 bits per heavy atom. The smallest absolute Gasteiger partial charge is 0.235 e. The summed E-state index contributed by atoms with van der Waals surface area (Å²) in [6.45, 7) is 4.83. The fourth-order valence-corrected chi connectivity index (χ4v) is 10.9. The summed E-state index contributed by atoms with van der Waals surface area (Å²) < 4.78 is 3.61. The van der Waals surface area contributed by atoms with Crippen LogP contribution < -0.4 is 0 Å². The highest BCUT2D eigenvalue weighted by Crippen LogP contribution is 2.58. The van der Waals surface area contributed by atoms with Crippen molar-refractivity contribution in [2.24, 2.45) is 0 Å². The summed E-state index contributed by atoms with van der Waals surface area (Å²) in [5.74, 6) is 0.693. The number of hydrogen-bond acceptors (Lipinski definition) is 3. The summed E-state index contributed by atoms with van der Waals surface area (Å²) in [5.41, 5.74) is 9.23. The van der Waals surface area contributed by atoms with Gasteiger partial charge in [0, 0.05) is 32.0 Å². The molecule has 0 unspecified atom stereocenters. The van der Waals surface area contributed by atoms with Gasteiger partial charge in [-0.05, 0) is 78.7 Å². The lowest BCUT2D eigenvalue weighted by Crippen LogP contribution is -2.15. The van der Waals surface area contributed by atoms with Gasteiger partial charge in [-0.25, -0.2) is 9.97 Å². The number of fused-ring (bicyclic) bond motifs is 16. The molecule has 0 radical (unpaired) electrons. The van der Waals surface area contributed by atoms with Crippen LogP contribution >= 0.6 is 11.3 Å². The maximum Gasteiger partial charge on any atom is 0.235 e. The highest BCUT2D eigenvalue weighted by Gasteiger charge is 2.40. The van der Waals surface area contributed by atoms with Gasteiger partial charge in [-0.15, -0.1) is 11.3 Å². The number of benzene rings is 8. The zero-order valence-electron chi connectivity index (χ0n) is 29.2. The Morgan fingerprint density at radius 2 is 1.09 bits per heavy atom. The molecule has 11 aromatic rings. The predicted molar refractivity (Wildman–Crippen MR) is 225 cm³/mol. The minimum atomic E-state index is -0.186. The second-order valence-corrected chi connectivity index (χ2v) is 15.9. The first-order valence-electron chi connectivity index (χ1n) is 18.3. The summed E-state index contributed by atoms with van der Waals surface area (Å²) in [6.07, 6.45) is 0. The molecule has 0 saturated carbocycles. The average molecular weight is 694 g/mol. The van der Waals surface area contributed by atoms with Gasteiger partial charge in [0.1, 0.15) is 0 Å². The van der Waals surface area contributed by atoms with Gasteiger partial charge in [0.2, 0.25) is 5.95 Å². The quantitative estimate of drug-likeness (QED) is 0.169. The van der Waals surface area contributed by atoms with E-state index in [1.54, 1.807) is 0 Å². The molecule has 12 rings (SSSR count). The molecule has 0 spiro atoms. The first-order valence-corrected chi connectivity index (χ1v) is 19.1. The molecule has 53 heavy (non-hydrogen) atoms. The molecule has 3 heterocycles. The molecule has 8 aromatic carbocycles. The molecule has 0 aliphatic heterocycles. The predicted octanol–water partition coefficient (Wildman–Crippen LogP) is 13.4. The Labute approximate surface area is 309 Å². The van der Waals surface area contributed by atoms with Gasteiger partial charge in [0.15, 0.2) is 0 Å². The summed E-state index contributed by atoms with van der Waals surface area (Å²) in [5, 5.41) is 12.7. The van der Waals surface area contributed by atoms with Crippen molar-refractivity contribution < 1.29 is 0 Å². The van der Waals surface area contributed by atoms with E-state index in [1.807, 2.05) is 11.3 Å². The normalized spacial score (nSPS) is 13.6. The zero-order valence-corrected chi connectivity index (χ0v) is 30.0. The van der Waals surface area contributed by atoms with Gasteiger partial charge in [0.05, 0.1) is 26.9 Å². The number of thiophene rings is 1. The van der Waals surface area contributed by atoms with E-state index in [4.69, 9.17) is 9.97 Å². The average Bonchev–Trinajstić information content (AvgIpc) is 3.84. The Kier molecular flexibility index (Phi) is 5.72. The van der Waals surface area contributed by atoms with E-state index >= 15 is 0 Å². The lowest BCUT2D eigenvalue weighted by Gasteiger charge is -2.23. The van der Waals surface area contributed by atoms with E-state index < -0.39 is 0 Å². The summed E-state index contributed by atoms with van der Waals surface area (Å²) >= 11 is 1.93. The van der Waals surface area contributed by atoms with Crippen LogP contribution in [-0.4, -0.2) is 14.5 Å². The second-order valence-electron chi connectivity index (χ2n) is 14.9. The van der Waals surface area contributed by atoms with Crippen molar-refractivity contribution in [1.29, 1.82) is 0 Å². The van der Waals surface area contributed by atoms with Crippen LogP contribution in [-0.2, 0) is 5.41 Å². The summed E-state index contributed by atoms with van der Waals surface area (Å²) in [6, 6.07) is 55.1. The van der Waals surface area contributed by atoms with Gasteiger partial charge in [-0.3, -0.25) is 4.57 Å². The molecule has 0 amide bonds. The second kappa shape index (κ2) is 10.4. The Morgan fingerprint density at radius 3 is 1.83 bits per heavy atom. The van der Waals surface area contributed by atoms with Crippen LogP contribution in [0.1, 0.15) is 25.0 Å². The number of aromatic nitrogens is 3. The summed E-state index contributed by atoms with van der Waals surface area (Å²) in [4.78, 5) is 12.0. The maximum absolute atomic E-state index is 5.39. The van der Waals surface area contributed by atoms with Crippen LogP contribution in [0.5, 0.6) is 0 Å².